The molecule has 20 heteroatoms. The van der Waals surface area contributed by atoms with Gasteiger partial charge in [-0.15, -0.1) is 22.7 Å². The number of rotatable bonds is 10. The molecule has 4 aromatic carbocycles. The predicted molar refractivity (Wildman–Crippen MR) is 280 cm³/mol. The van der Waals surface area contributed by atoms with Gasteiger partial charge >= 0.3 is 6.09 Å². The lowest BCUT2D eigenvalue weighted by atomic mass is 9.89. The number of thiazole rings is 2. The molecule has 11 rings (SSSR count). The van der Waals surface area contributed by atoms with E-state index in [2.05, 4.69) is 40.2 Å². The second kappa shape index (κ2) is 19.9. The highest BCUT2D eigenvalue weighted by molar-refractivity contribution is 7.22. The first-order valence-corrected chi connectivity index (χ1v) is 25.6. The maximum atomic E-state index is 15.4. The van der Waals surface area contributed by atoms with Crippen molar-refractivity contribution < 1.29 is 42.4 Å². The highest BCUT2D eigenvalue weighted by Crippen LogP contribution is 2.45. The number of methoxy groups -OCH3 is 2. The van der Waals surface area contributed by atoms with Gasteiger partial charge in [-0.1, -0.05) is 27.7 Å². The number of fused-ring (bicyclic) bond motifs is 4. The summed E-state index contributed by atoms with van der Waals surface area (Å²) in [5.74, 6) is 0.666. The van der Waals surface area contributed by atoms with Crippen molar-refractivity contribution in [2.24, 2.45) is 10.8 Å². The predicted octanol–water partition coefficient (Wildman–Crippen LogP) is 11.9. The van der Waals surface area contributed by atoms with E-state index < -0.39 is 42.1 Å². The van der Waals surface area contributed by atoms with Gasteiger partial charge in [0.2, 0.25) is 11.8 Å². The standard InChI is InChI=1S/C30H29FN6O4S.C24H24FN3O3S/c1-15-8-18(26-21(9-15)36-25(39-5)14-34-26)28-37-20-10-19(31)23(11-24(20)42-28)40-22-6-7-30(3,4)27(22)41-29(38)35-17-12-32-16(2)33-13-17;1-12-7-13(21-16(8-12)27-20(30-4)11-26-21)23-28-15-9-14(25)18(10-19(15)32-23)31-17-5-6-24(2,3)22(17)29/h8-14,22,27H,6-7H2,1-5H3,(H,35,38);7-11,17,22,29H,5-6H2,1-4H3/t22-,27-;17-,22-/m11/s1. The molecule has 2 aliphatic carbocycles. The van der Waals surface area contributed by atoms with Crippen molar-refractivity contribution in [2.45, 2.75) is 98.6 Å². The molecule has 0 radical (unpaired) electrons. The van der Waals surface area contributed by atoms with Crippen molar-refractivity contribution >= 4 is 77.0 Å². The molecule has 2 saturated carbocycles. The average Bonchev–Trinajstić information content (AvgIpc) is 4.11. The number of aliphatic hydroxyl groups is 1. The summed E-state index contributed by atoms with van der Waals surface area (Å²) in [6.07, 6.45) is 6.18. The van der Waals surface area contributed by atoms with Crippen LogP contribution in [0.4, 0.5) is 19.3 Å². The van der Waals surface area contributed by atoms with Gasteiger partial charge in [0, 0.05) is 40.8 Å². The first-order chi connectivity index (χ1) is 35.3. The molecule has 0 unspecified atom stereocenters. The molecule has 2 fully saturated rings. The molecule has 1 amide bonds. The first kappa shape index (κ1) is 50.3. The molecular weight excluding hydrogens is 989 g/mol. The van der Waals surface area contributed by atoms with Gasteiger partial charge in [0.1, 0.15) is 34.2 Å². The Hall–Kier alpha value is -7.29. The van der Waals surface area contributed by atoms with E-state index in [1.165, 1.54) is 47.2 Å². The van der Waals surface area contributed by atoms with E-state index in [0.29, 0.717) is 74.2 Å². The van der Waals surface area contributed by atoms with Crippen molar-refractivity contribution in [1.29, 1.82) is 0 Å². The molecule has 16 nitrogen and oxygen atoms in total. The number of nitrogens with zero attached hydrogens (tertiary/aromatic N) is 8. The Morgan fingerprint density at radius 3 is 1.61 bits per heavy atom. The lowest BCUT2D eigenvalue weighted by Gasteiger charge is -2.30. The molecule has 5 heterocycles. The Morgan fingerprint density at radius 2 is 1.12 bits per heavy atom. The molecular formula is C54H53F2N9O7S2. The molecule has 382 valence electrons. The highest BCUT2D eigenvalue weighted by Gasteiger charge is 2.47. The number of hydrogen-bond donors (Lipinski definition) is 2. The minimum atomic E-state index is -0.648. The molecule has 74 heavy (non-hydrogen) atoms. The third-order valence-corrected chi connectivity index (χ3v) is 15.6. The summed E-state index contributed by atoms with van der Waals surface area (Å²) in [4.78, 5) is 48.3. The van der Waals surface area contributed by atoms with E-state index in [-0.39, 0.29) is 22.3 Å². The van der Waals surface area contributed by atoms with Crippen molar-refractivity contribution in [3.05, 3.63) is 102 Å². The number of anilines is 1. The van der Waals surface area contributed by atoms with Crippen LogP contribution in [0.2, 0.25) is 0 Å². The maximum Gasteiger partial charge on any atom is 0.412 e. The molecule has 0 spiro atoms. The van der Waals surface area contributed by atoms with Gasteiger partial charge < -0.3 is 28.8 Å². The van der Waals surface area contributed by atoms with Crippen LogP contribution in [0.1, 0.15) is 70.3 Å². The van der Waals surface area contributed by atoms with Gasteiger partial charge in [0.05, 0.1) is 93.3 Å². The van der Waals surface area contributed by atoms with E-state index in [1.807, 2.05) is 65.8 Å². The monoisotopic (exact) mass is 1040 g/mol. The number of carbonyl (C=O) groups is 1. The molecule has 2 aliphatic rings. The summed E-state index contributed by atoms with van der Waals surface area (Å²) in [6, 6.07) is 14.0. The van der Waals surface area contributed by atoms with Crippen molar-refractivity contribution in [1.82, 2.24) is 39.9 Å². The topological polar surface area (TPSA) is 199 Å². The number of amides is 1. The Labute approximate surface area is 432 Å². The summed E-state index contributed by atoms with van der Waals surface area (Å²) < 4.78 is 60.1. The smallest absolute Gasteiger partial charge is 0.412 e. The third-order valence-electron chi connectivity index (χ3n) is 13.5. The summed E-state index contributed by atoms with van der Waals surface area (Å²) in [5, 5.41) is 14.6. The first-order valence-electron chi connectivity index (χ1n) is 24.0. The van der Waals surface area contributed by atoms with E-state index in [9.17, 15) is 14.3 Å². The van der Waals surface area contributed by atoms with E-state index in [0.717, 1.165) is 49.5 Å². The minimum Gasteiger partial charge on any atom is -0.485 e. The number of nitrogens with one attached hydrogen (secondary N) is 1. The number of halogens is 2. The number of aliphatic hydroxyl groups excluding tert-OH is 1. The van der Waals surface area contributed by atoms with Crippen LogP contribution in [0.3, 0.4) is 0 Å². The van der Waals surface area contributed by atoms with Gasteiger partial charge in [-0.05, 0) is 87.3 Å². The fourth-order valence-electron chi connectivity index (χ4n) is 9.45. The van der Waals surface area contributed by atoms with Crippen LogP contribution in [-0.2, 0) is 4.74 Å². The summed E-state index contributed by atoms with van der Waals surface area (Å²) in [5.41, 5.74) is 7.32. The van der Waals surface area contributed by atoms with Crippen LogP contribution in [0, 0.1) is 43.2 Å². The summed E-state index contributed by atoms with van der Waals surface area (Å²) in [6.45, 7) is 13.7. The lowest BCUT2D eigenvalue weighted by Crippen LogP contribution is -2.40. The average molecular weight is 1040 g/mol. The number of ether oxygens (including phenoxy) is 5. The number of benzene rings is 4. The van der Waals surface area contributed by atoms with Gasteiger partial charge in [-0.3, -0.25) is 5.32 Å². The Morgan fingerprint density at radius 1 is 0.635 bits per heavy atom. The zero-order chi connectivity index (χ0) is 52.2. The van der Waals surface area contributed by atoms with Gasteiger partial charge in [0.25, 0.3) is 0 Å². The quantitative estimate of drug-likeness (QED) is 0.131. The van der Waals surface area contributed by atoms with Crippen LogP contribution in [0.15, 0.2) is 73.3 Å². The van der Waals surface area contributed by atoms with Gasteiger partial charge in [0.15, 0.2) is 23.1 Å². The second-order valence-corrected chi connectivity index (χ2v) is 22.1. The summed E-state index contributed by atoms with van der Waals surface area (Å²) >= 11 is 2.86. The Bertz CT molecular complexity index is 3610. The molecule has 2 N–H and O–H groups in total. The van der Waals surface area contributed by atoms with E-state index in [4.69, 9.17) is 28.7 Å². The van der Waals surface area contributed by atoms with Crippen LogP contribution in [-0.4, -0.2) is 89.7 Å². The van der Waals surface area contributed by atoms with Crippen molar-refractivity contribution in [3.8, 4) is 44.4 Å². The number of hydrogen-bond acceptors (Lipinski definition) is 17. The SMILES string of the molecule is COc1cnc2c(-c3nc4cc(F)c(O[C@@H]5CCC(C)(C)[C@@H]5O)cc4s3)cc(C)cc2n1.COc1cnc2c(-c3nc4cc(F)c(O[C@@H]5CCC(C)(C)[C@@H]5OC(=O)Nc5cnc(C)nc5)cc4s3)cc(C)cc2n1. The van der Waals surface area contributed by atoms with Crippen LogP contribution in [0.25, 0.3) is 63.6 Å². The zero-order valence-electron chi connectivity index (χ0n) is 42.1. The number of aromatic nitrogens is 8. The maximum absolute atomic E-state index is 15.4. The van der Waals surface area contributed by atoms with Crippen molar-refractivity contribution in [2.75, 3.05) is 19.5 Å². The van der Waals surface area contributed by atoms with Crippen LogP contribution < -0.4 is 24.3 Å². The number of aryl methyl sites for hydroxylation is 3. The van der Waals surface area contributed by atoms with Gasteiger partial charge in [-0.25, -0.2) is 53.4 Å². The molecule has 0 bridgehead atoms. The Kier molecular flexibility index (Phi) is 13.5. The molecule has 4 atom stereocenters. The Balaban J connectivity index is 0.000000175. The van der Waals surface area contributed by atoms with Crippen LogP contribution in [0.5, 0.6) is 23.3 Å². The zero-order valence-corrected chi connectivity index (χ0v) is 43.7. The summed E-state index contributed by atoms with van der Waals surface area (Å²) in [7, 11) is 3.10. The van der Waals surface area contributed by atoms with Crippen molar-refractivity contribution in [3.63, 3.8) is 0 Å². The van der Waals surface area contributed by atoms with Crippen LogP contribution >= 0.6 is 22.7 Å². The molecule has 0 saturated heterocycles. The fraction of sp³-hybridized carbons (Fsp3) is 0.352. The minimum absolute atomic E-state index is 0.0833. The molecule has 0 aliphatic heterocycles. The normalized spacial score (nSPS) is 18.9. The van der Waals surface area contributed by atoms with Gasteiger partial charge in [-0.2, -0.15) is 0 Å². The lowest BCUT2D eigenvalue weighted by molar-refractivity contribution is -0.00717. The highest BCUT2D eigenvalue weighted by atomic mass is 32.1. The van der Waals surface area contributed by atoms with E-state index >= 15 is 4.39 Å². The second-order valence-electron chi connectivity index (χ2n) is 20.0. The van der Waals surface area contributed by atoms with E-state index in [1.54, 1.807) is 45.7 Å². The largest absolute Gasteiger partial charge is 0.485 e. The molecule has 9 aromatic rings. The third kappa shape index (κ3) is 10.2. The molecule has 5 aromatic heterocycles. The number of carbonyl (C=O) groups excluding carboxylic acids is 1. The fourth-order valence-corrected chi connectivity index (χ4v) is 11.4.